The number of hydrogen-bond acceptors (Lipinski definition) is 8. The van der Waals surface area contributed by atoms with Gasteiger partial charge in [0.2, 0.25) is 5.88 Å². The van der Waals surface area contributed by atoms with E-state index in [1.807, 2.05) is 0 Å². The molecule has 1 atom stereocenters. The molecule has 0 aliphatic carbocycles. The molecule has 8 nitrogen and oxygen atoms in total. The van der Waals surface area contributed by atoms with Gasteiger partial charge in [-0.3, -0.25) is 4.21 Å². The van der Waals surface area contributed by atoms with E-state index in [0.29, 0.717) is 24.0 Å². The maximum Gasteiger partial charge on any atom is 0.339 e. The first-order valence-corrected chi connectivity index (χ1v) is 15.3. The van der Waals surface area contributed by atoms with Gasteiger partial charge < -0.3 is 19.9 Å². The minimum atomic E-state index is -2.59. The summed E-state index contributed by atoms with van der Waals surface area (Å²) in [7, 11) is -2.59. The van der Waals surface area contributed by atoms with Crippen molar-refractivity contribution in [1.29, 1.82) is 0 Å². The predicted molar refractivity (Wildman–Crippen MR) is 156 cm³/mol. The number of rotatable bonds is 11. The van der Waals surface area contributed by atoms with E-state index in [2.05, 4.69) is 9.97 Å². The number of unbranched alkanes of at least 4 members (excludes halogenated alkanes) is 1. The lowest BCUT2D eigenvalue weighted by Gasteiger charge is -2.12. The number of aromatic nitrogens is 2. The molecule has 0 saturated carbocycles. The first-order chi connectivity index (χ1) is 19.3. The van der Waals surface area contributed by atoms with Crippen molar-refractivity contribution in [1.82, 2.24) is 9.97 Å². The number of esters is 1. The second-order valence-corrected chi connectivity index (χ2v) is 13.3. The first kappa shape index (κ1) is 30.3. The normalized spacial score (nSPS) is 15.6. The fourth-order valence-electron chi connectivity index (χ4n) is 4.18. The molecule has 1 aliphatic heterocycles. The van der Waals surface area contributed by atoms with Crippen LogP contribution in [-0.4, -0.2) is 50.6 Å². The van der Waals surface area contributed by atoms with Crippen molar-refractivity contribution in [3.8, 4) is 22.8 Å². The van der Waals surface area contributed by atoms with Crippen LogP contribution in [0, 0.1) is 11.6 Å². The molecule has 12 heteroatoms. The van der Waals surface area contributed by atoms with Gasteiger partial charge in [0.1, 0.15) is 22.4 Å². The highest BCUT2D eigenvalue weighted by Gasteiger charge is 2.31. The average Bonchev–Trinajstić information content (AvgIpc) is 3.13. The zero-order valence-corrected chi connectivity index (χ0v) is 24.4. The lowest BCUT2D eigenvalue weighted by molar-refractivity contribution is -0.143. The standard InChI is InChI=1S/C29H30ClF2N3O5S/c1-29(2)14-20(28(36)40-29)17-41(3,37)16-18-10-25(30)35-27(11-18)39-9-5-4-8-38-24-12-19(6-7-22(24)31)21-13-26(33)34-15-23(21)32/h6-7,10-15,17H,4-5,8-9,16H2,1-3H3,(H2,33,34). The smallest absolute Gasteiger partial charge is 0.339 e. The van der Waals surface area contributed by atoms with Crippen LogP contribution < -0.4 is 15.2 Å². The molecule has 1 aliphatic rings. The van der Waals surface area contributed by atoms with Gasteiger partial charge in [-0.25, -0.2) is 23.5 Å². The third kappa shape index (κ3) is 8.40. The Balaban J connectivity index is 1.30. The lowest BCUT2D eigenvalue weighted by atomic mass is 10.1. The van der Waals surface area contributed by atoms with Crippen LogP contribution in [0.3, 0.4) is 0 Å². The number of benzene rings is 1. The highest BCUT2D eigenvalue weighted by molar-refractivity contribution is 8.00. The van der Waals surface area contributed by atoms with Gasteiger partial charge in [-0.15, -0.1) is 0 Å². The van der Waals surface area contributed by atoms with Gasteiger partial charge in [0, 0.05) is 29.0 Å². The van der Waals surface area contributed by atoms with Crippen LogP contribution in [0.4, 0.5) is 14.6 Å². The van der Waals surface area contributed by atoms with E-state index in [4.69, 9.17) is 31.5 Å². The molecule has 3 heterocycles. The van der Waals surface area contributed by atoms with Gasteiger partial charge in [0.15, 0.2) is 11.6 Å². The third-order valence-corrected chi connectivity index (χ3v) is 7.77. The molecule has 0 saturated heterocycles. The number of anilines is 1. The van der Waals surface area contributed by atoms with Crippen LogP contribution in [0.15, 0.2) is 54.2 Å². The number of carbonyl (C=O) groups is 1. The molecule has 0 bridgehead atoms. The summed E-state index contributed by atoms with van der Waals surface area (Å²) in [6, 6.07) is 8.68. The Labute approximate surface area is 242 Å². The maximum atomic E-state index is 14.3. The quantitative estimate of drug-likeness (QED) is 0.134. The Morgan fingerprint density at radius 1 is 1.10 bits per heavy atom. The van der Waals surface area contributed by atoms with Gasteiger partial charge in [0.05, 0.1) is 25.0 Å². The van der Waals surface area contributed by atoms with Crippen LogP contribution in [0.2, 0.25) is 5.15 Å². The lowest BCUT2D eigenvalue weighted by Crippen LogP contribution is -2.18. The molecule has 3 aromatic rings. The van der Waals surface area contributed by atoms with Crippen molar-refractivity contribution >= 4 is 38.3 Å². The van der Waals surface area contributed by atoms with Crippen molar-refractivity contribution < 1.29 is 32.0 Å². The Bertz CT molecular complexity index is 1620. The third-order valence-electron chi connectivity index (χ3n) is 5.92. The zero-order chi connectivity index (χ0) is 29.8. The summed E-state index contributed by atoms with van der Waals surface area (Å²) in [5.74, 6) is -1.12. The van der Waals surface area contributed by atoms with Crippen LogP contribution in [-0.2, 0) is 24.8 Å². The summed E-state index contributed by atoms with van der Waals surface area (Å²) in [6.45, 7) is 3.98. The summed E-state index contributed by atoms with van der Waals surface area (Å²) in [5, 5.41) is 1.62. The topological polar surface area (TPSA) is 114 Å². The second kappa shape index (κ2) is 12.4. The monoisotopic (exact) mass is 605 g/mol. The Morgan fingerprint density at radius 2 is 1.83 bits per heavy atom. The van der Waals surface area contributed by atoms with Crippen molar-refractivity contribution in [2.24, 2.45) is 0 Å². The highest BCUT2D eigenvalue weighted by Crippen LogP contribution is 2.29. The number of nitrogen functional groups attached to an aromatic ring is 1. The van der Waals surface area contributed by atoms with Gasteiger partial charge in [-0.1, -0.05) is 17.7 Å². The second-order valence-electron chi connectivity index (χ2n) is 10.2. The van der Waals surface area contributed by atoms with Gasteiger partial charge in [-0.05, 0) is 77.7 Å². The number of carbonyl (C=O) groups excluding carboxylic acids is 1. The van der Waals surface area contributed by atoms with Gasteiger partial charge in [0.25, 0.3) is 0 Å². The fourth-order valence-corrected chi connectivity index (χ4v) is 6.02. The van der Waals surface area contributed by atoms with Crippen LogP contribution >= 0.6 is 11.6 Å². The van der Waals surface area contributed by atoms with E-state index < -0.39 is 32.7 Å². The van der Waals surface area contributed by atoms with Crippen LogP contribution in [0.1, 0.15) is 32.3 Å². The van der Waals surface area contributed by atoms with Crippen molar-refractivity contribution in [2.75, 3.05) is 25.2 Å². The van der Waals surface area contributed by atoms with Crippen molar-refractivity contribution in [3.63, 3.8) is 0 Å². The minimum Gasteiger partial charge on any atom is -0.490 e. The van der Waals surface area contributed by atoms with Crippen LogP contribution in [0.25, 0.3) is 11.1 Å². The first-order valence-electron chi connectivity index (χ1n) is 12.7. The number of ether oxygens (including phenoxy) is 3. The van der Waals surface area contributed by atoms with Gasteiger partial charge in [-0.2, -0.15) is 0 Å². The molecular weight excluding hydrogens is 576 g/mol. The Hall–Kier alpha value is -3.70. The maximum absolute atomic E-state index is 14.3. The van der Waals surface area contributed by atoms with Crippen molar-refractivity contribution in [2.45, 2.75) is 38.0 Å². The van der Waals surface area contributed by atoms with E-state index in [1.54, 1.807) is 38.3 Å². The average molecular weight is 606 g/mol. The molecule has 2 aromatic heterocycles. The predicted octanol–water partition coefficient (Wildman–Crippen LogP) is 5.37. The molecule has 0 radical (unpaired) electrons. The van der Waals surface area contributed by atoms with Crippen LogP contribution in [0.5, 0.6) is 11.6 Å². The molecule has 2 N–H and O–H groups in total. The molecule has 0 spiro atoms. The summed E-state index contributed by atoms with van der Waals surface area (Å²) < 4.78 is 58.2. The molecule has 1 unspecified atom stereocenters. The summed E-state index contributed by atoms with van der Waals surface area (Å²) >= 11 is 6.16. The molecular formula is C29H30ClF2N3O5S. The Morgan fingerprint density at radius 3 is 2.54 bits per heavy atom. The number of nitrogens with zero attached hydrogens (tertiary/aromatic N) is 2. The SMILES string of the molecule is CC1(C)C=C(C=S(C)(=O)Cc2cc(Cl)nc(OCCCCOc3cc(-c4cc(N)ncc4F)ccc3F)c2)C(=O)O1. The summed E-state index contributed by atoms with van der Waals surface area (Å²) in [4.78, 5) is 19.9. The molecule has 41 heavy (non-hydrogen) atoms. The summed E-state index contributed by atoms with van der Waals surface area (Å²) in [5.41, 5.74) is 6.44. The fraction of sp³-hybridized carbons (Fsp3) is 0.310. The molecule has 218 valence electrons. The largest absolute Gasteiger partial charge is 0.490 e. The molecule has 0 fully saturated rings. The Kier molecular flexibility index (Phi) is 9.18. The minimum absolute atomic E-state index is 0.00971. The van der Waals surface area contributed by atoms with E-state index in [9.17, 15) is 17.8 Å². The summed E-state index contributed by atoms with van der Waals surface area (Å²) in [6.07, 6.45) is 5.32. The number of pyridine rings is 2. The number of nitrogens with two attached hydrogens (primary N) is 1. The number of halogens is 3. The molecule has 4 rings (SSSR count). The van der Waals surface area contributed by atoms with Crippen molar-refractivity contribution in [3.05, 3.63) is 76.6 Å². The number of cyclic esters (lactones) is 1. The zero-order valence-electron chi connectivity index (χ0n) is 22.8. The van der Waals surface area contributed by atoms with E-state index >= 15 is 0 Å². The molecule has 0 amide bonds. The molecule has 1 aromatic carbocycles. The van der Waals surface area contributed by atoms with Gasteiger partial charge >= 0.3 is 5.97 Å². The van der Waals surface area contributed by atoms with E-state index in [0.717, 1.165) is 6.20 Å². The highest BCUT2D eigenvalue weighted by atomic mass is 35.5. The van der Waals surface area contributed by atoms with E-state index in [-0.39, 0.29) is 52.7 Å². The number of hydrogen-bond donors (Lipinski definition) is 1. The van der Waals surface area contributed by atoms with E-state index in [1.165, 1.54) is 29.6 Å².